The lowest BCUT2D eigenvalue weighted by Crippen LogP contribution is -2.30. The maximum atomic E-state index is 11.0. The van der Waals surface area contributed by atoms with Crippen molar-refractivity contribution in [2.75, 3.05) is 13.1 Å². The van der Waals surface area contributed by atoms with E-state index in [-0.39, 0.29) is 6.54 Å². The van der Waals surface area contributed by atoms with E-state index in [1.54, 1.807) is 0 Å². The van der Waals surface area contributed by atoms with Crippen LogP contribution in [0.15, 0.2) is 28.7 Å². The van der Waals surface area contributed by atoms with Gasteiger partial charge in [-0.25, -0.2) is 0 Å². The molecule has 0 aliphatic carbocycles. The summed E-state index contributed by atoms with van der Waals surface area (Å²) in [6.45, 7) is 5.58. The van der Waals surface area contributed by atoms with E-state index in [9.17, 15) is 4.79 Å². The Kier molecular flexibility index (Phi) is 4.79. The van der Waals surface area contributed by atoms with Crippen molar-refractivity contribution in [1.29, 1.82) is 0 Å². The first-order valence-corrected chi connectivity index (χ1v) is 7.09. The fourth-order valence-corrected chi connectivity index (χ4v) is 2.55. The molecule has 0 aliphatic rings. The van der Waals surface area contributed by atoms with E-state index >= 15 is 0 Å². The molecular weight excluding hydrogens is 254 g/mol. The number of benzene rings is 1. The average molecular weight is 275 g/mol. The molecule has 0 unspecified atom stereocenters. The largest absolute Gasteiger partial charge is 0.480 e. The molecule has 0 atom stereocenters. The highest BCUT2D eigenvalue weighted by Gasteiger charge is 2.17. The lowest BCUT2D eigenvalue weighted by molar-refractivity contribution is -0.138. The fourth-order valence-electron chi connectivity index (χ4n) is 2.55. The molecule has 1 heterocycles. The van der Waals surface area contributed by atoms with Crippen LogP contribution in [0.1, 0.15) is 31.6 Å². The van der Waals surface area contributed by atoms with Gasteiger partial charge in [-0.2, -0.15) is 0 Å². The standard InChI is InChI=1S/C16H21NO3/c1-3-9-17(11-16(18)19)10-13-12-7-5-6-8-15(12)20-14(13)4-2/h5-8H,3-4,9-11H2,1-2H3,(H,18,19). The average Bonchev–Trinajstić information content (AvgIpc) is 2.77. The van der Waals surface area contributed by atoms with E-state index in [0.29, 0.717) is 6.54 Å². The number of hydrogen-bond acceptors (Lipinski definition) is 3. The minimum atomic E-state index is -0.788. The summed E-state index contributed by atoms with van der Waals surface area (Å²) in [6, 6.07) is 7.94. The summed E-state index contributed by atoms with van der Waals surface area (Å²) in [5, 5.41) is 10.1. The Morgan fingerprint density at radius 2 is 2.05 bits per heavy atom. The number of nitrogens with zero attached hydrogens (tertiary/aromatic N) is 1. The normalized spacial score (nSPS) is 11.3. The molecule has 2 aromatic rings. The van der Waals surface area contributed by atoms with Crippen LogP contribution in [-0.4, -0.2) is 29.1 Å². The van der Waals surface area contributed by atoms with E-state index in [1.807, 2.05) is 29.2 Å². The molecule has 0 aliphatic heterocycles. The molecular formula is C16H21NO3. The maximum absolute atomic E-state index is 11.0. The van der Waals surface area contributed by atoms with Gasteiger partial charge in [0.25, 0.3) is 0 Å². The molecule has 4 heteroatoms. The number of furan rings is 1. The molecule has 0 saturated heterocycles. The van der Waals surface area contributed by atoms with Crippen molar-refractivity contribution in [3.8, 4) is 0 Å². The number of para-hydroxylation sites is 1. The van der Waals surface area contributed by atoms with Gasteiger partial charge in [0.1, 0.15) is 11.3 Å². The van der Waals surface area contributed by atoms with Crippen molar-refractivity contribution >= 4 is 16.9 Å². The number of hydrogen-bond donors (Lipinski definition) is 1. The summed E-state index contributed by atoms with van der Waals surface area (Å²) in [5.74, 6) is 0.169. The summed E-state index contributed by atoms with van der Waals surface area (Å²) < 4.78 is 5.86. The third-order valence-electron chi connectivity index (χ3n) is 3.38. The second-order valence-electron chi connectivity index (χ2n) is 4.96. The number of carboxylic acids is 1. The fraction of sp³-hybridized carbons (Fsp3) is 0.438. The lowest BCUT2D eigenvalue weighted by Gasteiger charge is -2.19. The second kappa shape index (κ2) is 6.57. The monoisotopic (exact) mass is 275 g/mol. The van der Waals surface area contributed by atoms with Gasteiger partial charge in [0, 0.05) is 23.9 Å². The summed E-state index contributed by atoms with van der Waals surface area (Å²) in [4.78, 5) is 12.9. The molecule has 4 nitrogen and oxygen atoms in total. The summed E-state index contributed by atoms with van der Waals surface area (Å²) in [6.07, 6.45) is 1.75. The first-order valence-electron chi connectivity index (χ1n) is 7.09. The number of rotatable bonds is 7. The Hall–Kier alpha value is -1.81. The molecule has 0 amide bonds. The van der Waals surface area contributed by atoms with Crippen LogP contribution in [0, 0.1) is 0 Å². The van der Waals surface area contributed by atoms with E-state index < -0.39 is 5.97 Å². The number of fused-ring (bicyclic) bond motifs is 1. The Balaban J connectivity index is 2.32. The molecule has 1 N–H and O–H groups in total. The van der Waals surface area contributed by atoms with Gasteiger partial charge >= 0.3 is 5.97 Å². The Bertz CT molecular complexity index is 588. The molecule has 2 rings (SSSR count). The molecule has 0 spiro atoms. The van der Waals surface area contributed by atoms with Crippen LogP contribution < -0.4 is 0 Å². The van der Waals surface area contributed by atoms with Crippen LogP contribution in [0.5, 0.6) is 0 Å². The van der Waals surface area contributed by atoms with E-state index in [4.69, 9.17) is 9.52 Å². The van der Waals surface area contributed by atoms with Crippen molar-refractivity contribution in [2.45, 2.75) is 33.2 Å². The zero-order valence-corrected chi connectivity index (χ0v) is 12.1. The van der Waals surface area contributed by atoms with Crippen LogP contribution >= 0.6 is 0 Å². The number of carboxylic acid groups (broad SMARTS) is 1. The van der Waals surface area contributed by atoms with Gasteiger partial charge in [-0.3, -0.25) is 9.69 Å². The van der Waals surface area contributed by atoms with Gasteiger partial charge in [-0.1, -0.05) is 32.0 Å². The van der Waals surface area contributed by atoms with Crippen molar-refractivity contribution in [2.24, 2.45) is 0 Å². The molecule has 0 fully saturated rings. The first-order chi connectivity index (χ1) is 9.65. The molecule has 0 radical (unpaired) electrons. The summed E-state index contributed by atoms with van der Waals surface area (Å²) >= 11 is 0. The molecule has 1 aromatic carbocycles. The number of carbonyl (C=O) groups is 1. The van der Waals surface area contributed by atoms with Gasteiger partial charge in [0.15, 0.2) is 0 Å². The first kappa shape index (κ1) is 14.6. The van der Waals surface area contributed by atoms with Crippen LogP contribution in [0.2, 0.25) is 0 Å². The van der Waals surface area contributed by atoms with Crippen LogP contribution in [0.3, 0.4) is 0 Å². The van der Waals surface area contributed by atoms with E-state index in [1.165, 1.54) is 0 Å². The quantitative estimate of drug-likeness (QED) is 0.842. The zero-order valence-electron chi connectivity index (χ0n) is 12.1. The smallest absolute Gasteiger partial charge is 0.317 e. The molecule has 1 aromatic heterocycles. The molecule has 0 saturated carbocycles. The van der Waals surface area contributed by atoms with Crippen molar-refractivity contribution in [3.05, 3.63) is 35.6 Å². The van der Waals surface area contributed by atoms with Crippen LogP contribution in [0.4, 0.5) is 0 Å². The van der Waals surface area contributed by atoms with Crippen molar-refractivity contribution in [3.63, 3.8) is 0 Å². The van der Waals surface area contributed by atoms with E-state index in [0.717, 1.165) is 41.7 Å². The summed E-state index contributed by atoms with van der Waals surface area (Å²) in [7, 11) is 0. The Morgan fingerprint density at radius 1 is 1.30 bits per heavy atom. The highest BCUT2D eigenvalue weighted by molar-refractivity contribution is 5.82. The minimum absolute atomic E-state index is 0.0660. The predicted molar refractivity (Wildman–Crippen MR) is 78.8 cm³/mol. The maximum Gasteiger partial charge on any atom is 0.317 e. The Morgan fingerprint density at radius 3 is 2.70 bits per heavy atom. The van der Waals surface area contributed by atoms with Gasteiger partial charge in [-0.05, 0) is 19.0 Å². The zero-order chi connectivity index (χ0) is 14.5. The molecule has 0 bridgehead atoms. The topological polar surface area (TPSA) is 53.7 Å². The SMILES string of the molecule is CCCN(CC(=O)O)Cc1c(CC)oc2ccccc12. The van der Waals surface area contributed by atoms with Crippen molar-refractivity contribution < 1.29 is 14.3 Å². The lowest BCUT2D eigenvalue weighted by atomic mass is 10.1. The van der Waals surface area contributed by atoms with Gasteiger partial charge in [-0.15, -0.1) is 0 Å². The highest BCUT2D eigenvalue weighted by atomic mass is 16.4. The minimum Gasteiger partial charge on any atom is -0.480 e. The van der Waals surface area contributed by atoms with Crippen LogP contribution in [0.25, 0.3) is 11.0 Å². The number of aryl methyl sites for hydroxylation is 1. The van der Waals surface area contributed by atoms with Gasteiger partial charge in [0.2, 0.25) is 0 Å². The third kappa shape index (κ3) is 3.20. The molecule has 108 valence electrons. The second-order valence-corrected chi connectivity index (χ2v) is 4.96. The van der Waals surface area contributed by atoms with E-state index in [2.05, 4.69) is 13.8 Å². The third-order valence-corrected chi connectivity index (χ3v) is 3.38. The van der Waals surface area contributed by atoms with Crippen molar-refractivity contribution in [1.82, 2.24) is 4.90 Å². The Labute approximate surface area is 119 Å². The number of aliphatic carboxylic acids is 1. The van der Waals surface area contributed by atoms with Gasteiger partial charge < -0.3 is 9.52 Å². The van der Waals surface area contributed by atoms with Crippen LogP contribution in [-0.2, 0) is 17.8 Å². The molecule has 20 heavy (non-hydrogen) atoms. The van der Waals surface area contributed by atoms with Gasteiger partial charge in [0.05, 0.1) is 6.54 Å². The summed E-state index contributed by atoms with van der Waals surface area (Å²) in [5.41, 5.74) is 2.00. The predicted octanol–water partition coefficient (Wildman–Crippen LogP) is 3.29. The highest BCUT2D eigenvalue weighted by Crippen LogP contribution is 2.27.